The molecule has 0 aromatic rings. The number of rotatable bonds is 10. The standard InChI is InChI=1S/C15H31N3O2/c1-5-16-15(20)18-14(19)13(4)17-11-9-7-6-8-10-12(2)3/h12-13,17H,5-11H2,1-4H3,(H2,16,18,19,20). The normalized spacial score (nSPS) is 12.2. The predicted molar refractivity (Wildman–Crippen MR) is 82.6 cm³/mol. The van der Waals surface area contributed by atoms with Gasteiger partial charge in [0.05, 0.1) is 6.04 Å². The van der Waals surface area contributed by atoms with E-state index in [1.54, 1.807) is 6.92 Å². The molecule has 0 spiro atoms. The van der Waals surface area contributed by atoms with Crippen LogP contribution in [0.3, 0.4) is 0 Å². The topological polar surface area (TPSA) is 70.2 Å². The molecule has 118 valence electrons. The van der Waals surface area contributed by atoms with Crippen molar-refractivity contribution in [1.29, 1.82) is 0 Å². The molecule has 3 amide bonds. The number of nitrogens with one attached hydrogen (secondary N) is 3. The quantitative estimate of drug-likeness (QED) is 0.540. The molecule has 5 nitrogen and oxygen atoms in total. The van der Waals surface area contributed by atoms with E-state index in [2.05, 4.69) is 29.8 Å². The zero-order valence-electron chi connectivity index (χ0n) is 13.4. The molecular formula is C15H31N3O2. The van der Waals surface area contributed by atoms with Crippen molar-refractivity contribution in [3.05, 3.63) is 0 Å². The summed E-state index contributed by atoms with van der Waals surface area (Å²) < 4.78 is 0. The molecule has 0 aliphatic rings. The van der Waals surface area contributed by atoms with Crippen LogP contribution in [0.4, 0.5) is 4.79 Å². The number of carbonyl (C=O) groups is 2. The summed E-state index contributed by atoms with van der Waals surface area (Å²) in [7, 11) is 0. The molecule has 0 heterocycles. The first kappa shape index (κ1) is 18.9. The average Bonchev–Trinajstić information content (AvgIpc) is 2.37. The molecule has 0 aliphatic carbocycles. The monoisotopic (exact) mass is 285 g/mol. The lowest BCUT2D eigenvalue weighted by atomic mass is 10.0. The number of unbranched alkanes of at least 4 members (excludes halogenated alkanes) is 3. The highest BCUT2D eigenvalue weighted by atomic mass is 16.2. The second-order valence-electron chi connectivity index (χ2n) is 5.62. The minimum atomic E-state index is -0.431. The first-order valence-electron chi connectivity index (χ1n) is 7.79. The lowest BCUT2D eigenvalue weighted by Crippen LogP contribution is -2.48. The summed E-state index contributed by atoms with van der Waals surface area (Å²) in [5.41, 5.74) is 0. The third kappa shape index (κ3) is 10.8. The third-order valence-corrected chi connectivity index (χ3v) is 3.13. The minimum absolute atomic E-state index is 0.282. The molecule has 20 heavy (non-hydrogen) atoms. The van der Waals surface area contributed by atoms with Gasteiger partial charge in [-0.15, -0.1) is 0 Å². The van der Waals surface area contributed by atoms with Crippen LogP contribution in [0.2, 0.25) is 0 Å². The van der Waals surface area contributed by atoms with Crippen LogP contribution >= 0.6 is 0 Å². The fourth-order valence-electron chi connectivity index (χ4n) is 1.87. The molecule has 0 bridgehead atoms. The smallest absolute Gasteiger partial charge is 0.321 e. The first-order chi connectivity index (χ1) is 9.47. The van der Waals surface area contributed by atoms with E-state index in [1.807, 2.05) is 6.92 Å². The van der Waals surface area contributed by atoms with Gasteiger partial charge in [0.25, 0.3) is 0 Å². The molecule has 1 unspecified atom stereocenters. The summed E-state index contributed by atoms with van der Waals surface area (Å²) in [6.07, 6.45) is 6.07. The summed E-state index contributed by atoms with van der Waals surface area (Å²) in [5.74, 6) is 0.502. The molecule has 0 saturated heterocycles. The number of urea groups is 1. The van der Waals surface area contributed by atoms with E-state index < -0.39 is 6.03 Å². The Balaban J connectivity index is 3.54. The fraction of sp³-hybridized carbons (Fsp3) is 0.867. The largest absolute Gasteiger partial charge is 0.338 e. The van der Waals surface area contributed by atoms with Crippen LogP contribution in [0.1, 0.15) is 59.8 Å². The number of amides is 3. The van der Waals surface area contributed by atoms with E-state index in [4.69, 9.17) is 0 Å². The number of hydrogen-bond donors (Lipinski definition) is 3. The van der Waals surface area contributed by atoms with Crippen LogP contribution in [0, 0.1) is 5.92 Å². The fourth-order valence-corrected chi connectivity index (χ4v) is 1.87. The van der Waals surface area contributed by atoms with E-state index in [0.717, 1.165) is 18.9 Å². The van der Waals surface area contributed by atoms with Crippen molar-refractivity contribution in [2.24, 2.45) is 5.92 Å². The summed E-state index contributed by atoms with van der Waals surface area (Å²) in [6, 6.07) is -0.770. The molecule has 1 atom stereocenters. The third-order valence-electron chi connectivity index (χ3n) is 3.13. The molecule has 0 aromatic heterocycles. The second-order valence-corrected chi connectivity index (χ2v) is 5.62. The Morgan fingerprint density at radius 1 is 1.00 bits per heavy atom. The van der Waals surface area contributed by atoms with E-state index in [-0.39, 0.29) is 11.9 Å². The highest BCUT2D eigenvalue weighted by Crippen LogP contribution is 2.08. The zero-order valence-corrected chi connectivity index (χ0v) is 13.4. The maximum atomic E-state index is 11.6. The van der Waals surface area contributed by atoms with Crippen LogP contribution in [0.5, 0.6) is 0 Å². The van der Waals surface area contributed by atoms with Gasteiger partial charge >= 0.3 is 6.03 Å². The highest BCUT2D eigenvalue weighted by molar-refractivity contribution is 5.96. The van der Waals surface area contributed by atoms with Gasteiger partial charge in [-0.2, -0.15) is 0 Å². The van der Waals surface area contributed by atoms with Crippen molar-refractivity contribution in [3.8, 4) is 0 Å². The number of imide groups is 1. The van der Waals surface area contributed by atoms with Crippen molar-refractivity contribution >= 4 is 11.9 Å². The Hall–Kier alpha value is -1.10. The van der Waals surface area contributed by atoms with Crippen LogP contribution in [0.15, 0.2) is 0 Å². The Kier molecular flexibility index (Phi) is 11.1. The van der Waals surface area contributed by atoms with Gasteiger partial charge in [-0.1, -0.05) is 39.5 Å². The van der Waals surface area contributed by atoms with Crippen LogP contribution < -0.4 is 16.0 Å². The van der Waals surface area contributed by atoms with Gasteiger partial charge in [0.2, 0.25) is 5.91 Å². The van der Waals surface area contributed by atoms with Gasteiger partial charge in [-0.25, -0.2) is 4.79 Å². The summed E-state index contributed by atoms with van der Waals surface area (Å²) >= 11 is 0. The Morgan fingerprint density at radius 2 is 1.65 bits per heavy atom. The van der Waals surface area contributed by atoms with Gasteiger partial charge in [0.1, 0.15) is 0 Å². The van der Waals surface area contributed by atoms with E-state index >= 15 is 0 Å². The second kappa shape index (κ2) is 11.7. The molecule has 3 N–H and O–H groups in total. The van der Waals surface area contributed by atoms with Crippen molar-refractivity contribution < 1.29 is 9.59 Å². The molecule has 0 radical (unpaired) electrons. The molecule has 0 rings (SSSR count). The molecule has 0 aliphatic heterocycles. The summed E-state index contributed by atoms with van der Waals surface area (Å²) in [6.45, 7) is 9.40. The maximum Gasteiger partial charge on any atom is 0.321 e. The van der Waals surface area contributed by atoms with Gasteiger partial charge in [0.15, 0.2) is 0 Å². The van der Waals surface area contributed by atoms with Crippen molar-refractivity contribution in [1.82, 2.24) is 16.0 Å². The molecular weight excluding hydrogens is 254 g/mol. The van der Waals surface area contributed by atoms with Crippen molar-refractivity contribution in [3.63, 3.8) is 0 Å². The van der Waals surface area contributed by atoms with Gasteiger partial charge in [-0.05, 0) is 32.7 Å². The van der Waals surface area contributed by atoms with Crippen molar-refractivity contribution in [2.45, 2.75) is 65.8 Å². The molecule has 0 aromatic carbocycles. The SMILES string of the molecule is CCNC(=O)NC(=O)C(C)NCCCCCCC(C)C. The van der Waals surface area contributed by atoms with E-state index in [9.17, 15) is 9.59 Å². The molecule has 5 heteroatoms. The number of carbonyl (C=O) groups excluding carboxylic acids is 2. The van der Waals surface area contributed by atoms with Gasteiger partial charge in [-0.3, -0.25) is 10.1 Å². The van der Waals surface area contributed by atoms with Crippen LogP contribution in [-0.2, 0) is 4.79 Å². The maximum absolute atomic E-state index is 11.6. The zero-order chi connectivity index (χ0) is 15.4. The Morgan fingerprint density at radius 3 is 2.25 bits per heavy atom. The van der Waals surface area contributed by atoms with Gasteiger partial charge in [0, 0.05) is 6.54 Å². The van der Waals surface area contributed by atoms with E-state index in [1.165, 1.54) is 25.7 Å². The van der Waals surface area contributed by atoms with Gasteiger partial charge < -0.3 is 10.6 Å². The first-order valence-corrected chi connectivity index (χ1v) is 7.79. The number of hydrogen-bond acceptors (Lipinski definition) is 3. The van der Waals surface area contributed by atoms with E-state index in [0.29, 0.717) is 6.54 Å². The lowest BCUT2D eigenvalue weighted by Gasteiger charge is -2.13. The predicted octanol–water partition coefficient (Wildman–Crippen LogP) is 2.42. The van der Waals surface area contributed by atoms with Crippen LogP contribution in [-0.4, -0.2) is 31.1 Å². The Bertz CT molecular complexity index is 280. The molecule has 0 fully saturated rings. The van der Waals surface area contributed by atoms with Crippen LogP contribution in [0.25, 0.3) is 0 Å². The average molecular weight is 285 g/mol. The molecule has 0 saturated carbocycles. The lowest BCUT2D eigenvalue weighted by molar-refractivity contribution is -0.121. The Labute approximate surface area is 123 Å². The van der Waals surface area contributed by atoms with Crippen molar-refractivity contribution in [2.75, 3.05) is 13.1 Å². The highest BCUT2D eigenvalue weighted by Gasteiger charge is 2.14. The minimum Gasteiger partial charge on any atom is -0.338 e. The summed E-state index contributed by atoms with van der Waals surface area (Å²) in [4.78, 5) is 22.8. The summed E-state index contributed by atoms with van der Waals surface area (Å²) in [5, 5.41) is 7.97.